The van der Waals surface area contributed by atoms with Crippen LogP contribution in [0, 0.1) is 6.92 Å². The maximum atomic E-state index is 12.6. The van der Waals surface area contributed by atoms with Crippen molar-refractivity contribution in [3.8, 4) is 0 Å². The van der Waals surface area contributed by atoms with Crippen molar-refractivity contribution in [2.75, 3.05) is 13.1 Å². The van der Waals surface area contributed by atoms with Crippen LogP contribution in [0.4, 0.5) is 4.79 Å². The number of carboxylic acid groups (broad SMARTS) is 1. The lowest BCUT2D eigenvalue weighted by atomic mass is 9.85. The second kappa shape index (κ2) is 8.19. The van der Waals surface area contributed by atoms with E-state index in [0.717, 1.165) is 11.1 Å². The third-order valence-electron chi connectivity index (χ3n) is 4.92. The standard InChI is InChI=1S/C20H20Cl2N2O3/c1-12-10-14(4-7-17(12)22)16-11-24(20(26)27)9-8-18(16)23-19(25)13-2-5-15(21)6-3-13/h2-7,10,16,18H,8-9,11H2,1H3,(H,23,25)(H,26,27). The van der Waals surface area contributed by atoms with E-state index < -0.39 is 6.09 Å². The number of piperidine rings is 1. The molecule has 2 unspecified atom stereocenters. The van der Waals surface area contributed by atoms with Crippen LogP contribution in [-0.4, -0.2) is 41.1 Å². The van der Waals surface area contributed by atoms with Crippen molar-refractivity contribution in [2.45, 2.75) is 25.3 Å². The van der Waals surface area contributed by atoms with E-state index in [9.17, 15) is 14.7 Å². The molecule has 2 atom stereocenters. The highest BCUT2D eigenvalue weighted by molar-refractivity contribution is 6.31. The molecule has 2 aromatic carbocycles. The van der Waals surface area contributed by atoms with Gasteiger partial charge < -0.3 is 15.3 Å². The molecule has 2 N–H and O–H groups in total. The van der Waals surface area contributed by atoms with Crippen LogP contribution in [0.1, 0.15) is 33.8 Å². The van der Waals surface area contributed by atoms with Gasteiger partial charge in [0, 0.05) is 40.7 Å². The van der Waals surface area contributed by atoms with Crippen molar-refractivity contribution in [1.82, 2.24) is 10.2 Å². The lowest BCUT2D eigenvalue weighted by Crippen LogP contribution is -2.51. The van der Waals surface area contributed by atoms with Gasteiger partial charge in [-0.15, -0.1) is 0 Å². The van der Waals surface area contributed by atoms with E-state index in [1.807, 2.05) is 25.1 Å². The summed E-state index contributed by atoms with van der Waals surface area (Å²) in [5.74, 6) is -0.349. The lowest BCUT2D eigenvalue weighted by Gasteiger charge is -2.38. The maximum Gasteiger partial charge on any atom is 0.407 e. The van der Waals surface area contributed by atoms with E-state index in [2.05, 4.69) is 5.32 Å². The Hall–Kier alpha value is -2.24. The van der Waals surface area contributed by atoms with Crippen LogP contribution < -0.4 is 5.32 Å². The molecule has 0 aromatic heterocycles. The first-order chi connectivity index (χ1) is 12.8. The zero-order valence-electron chi connectivity index (χ0n) is 14.8. The molecule has 2 amide bonds. The van der Waals surface area contributed by atoms with Gasteiger partial charge in [0.1, 0.15) is 0 Å². The number of nitrogens with zero attached hydrogens (tertiary/aromatic N) is 1. The third kappa shape index (κ3) is 4.54. The second-order valence-electron chi connectivity index (χ2n) is 6.72. The van der Waals surface area contributed by atoms with Gasteiger partial charge in [0.15, 0.2) is 0 Å². The van der Waals surface area contributed by atoms with Crippen molar-refractivity contribution in [3.63, 3.8) is 0 Å². The molecule has 7 heteroatoms. The molecular formula is C20H20Cl2N2O3. The summed E-state index contributed by atoms with van der Waals surface area (Å²) in [6, 6.07) is 12.2. The number of rotatable bonds is 3. The number of amides is 2. The Balaban J connectivity index is 1.84. The number of carbonyl (C=O) groups is 2. The molecule has 0 spiro atoms. The van der Waals surface area contributed by atoms with Gasteiger partial charge in [-0.3, -0.25) is 4.79 Å². The highest BCUT2D eigenvalue weighted by Gasteiger charge is 2.33. The summed E-state index contributed by atoms with van der Waals surface area (Å²) in [6.45, 7) is 2.61. The van der Waals surface area contributed by atoms with E-state index in [0.29, 0.717) is 35.1 Å². The van der Waals surface area contributed by atoms with E-state index in [-0.39, 0.29) is 17.9 Å². The first-order valence-corrected chi connectivity index (χ1v) is 9.41. The summed E-state index contributed by atoms with van der Waals surface area (Å²) in [7, 11) is 0. The normalized spacial score (nSPS) is 19.6. The molecule has 1 saturated heterocycles. The van der Waals surface area contributed by atoms with Gasteiger partial charge in [-0.1, -0.05) is 35.3 Å². The van der Waals surface area contributed by atoms with Gasteiger partial charge in [-0.2, -0.15) is 0 Å². The number of halogens is 2. The number of carbonyl (C=O) groups excluding carboxylic acids is 1. The summed E-state index contributed by atoms with van der Waals surface area (Å²) in [5.41, 5.74) is 2.40. The van der Waals surface area contributed by atoms with Crippen molar-refractivity contribution < 1.29 is 14.7 Å². The molecule has 3 rings (SSSR count). The molecular weight excluding hydrogens is 387 g/mol. The maximum absolute atomic E-state index is 12.6. The Labute approximate surface area is 167 Å². The Kier molecular flexibility index (Phi) is 5.92. The Morgan fingerprint density at radius 2 is 1.85 bits per heavy atom. The largest absolute Gasteiger partial charge is 0.465 e. The molecule has 0 aliphatic carbocycles. The average Bonchev–Trinajstić information content (AvgIpc) is 2.64. The van der Waals surface area contributed by atoms with Crippen LogP contribution in [0.15, 0.2) is 42.5 Å². The topological polar surface area (TPSA) is 69.6 Å². The predicted molar refractivity (Wildman–Crippen MR) is 106 cm³/mol. The van der Waals surface area contributed by atoms with Crippen LogP contribution in [0.3, 0.4) is 0 Å². The fourth-order valence-electron chi connectivity index (χ4n) is 3.39. The summed E-state index contributed by atoms with van der Waals surface area (Å²) >= 11 is 12.0. The molecule has 1 aliphatic heterocycles. The molecule has 1 heterocycles. The highest BCUT2D eigenvalue weighted by atomic mass is 35.5. The zero-order chi connectivity index (χ0) is 19.6. The van der Waals surface area contributed by atoms with Crippen molar-refractivity contribution in [3.05, 3.63) is 69.2 Å². The number of nitrogens with one attached hydrogen (secondary N) is 1. The van der Waals surface area contributed by atoms with Gasteiger partial charge in [0.05, 0.1) is 0 Å². The van der Waals surface area contributed by atoms with Gasteiger partial charge in [0.2, 0.25) is 0 Å². The van der Waals surface area contributed by atoms with Crippen LogP contribution in [0.5, 0.6) is 0 Å². The van der Waals surface area contributed by atoms with E-state index in [1.165, 1.54) is 4.90 Å². The first kappa shape index (κ1) is 19.5. The Morgan fingerprint density at radius 1 is 1.15 bits per heavy atom. The number of hydrogen-bond donors (Lipinski definition) is 2. The quantitative estimate of drug-likeness (QED) is 0.783. The summed E-state index contributed by atoms with van der Waals surface area (Å²) in [5, 5.41) is 13.7. The fourth-order valence-corrected chi connectivity index (χ4v) is 3.63. The first-order valence-electron chi connectivity index (χ1n) is 8.65. The number of aryl methyl sites for hydroxylation is 1. The van der Waals surface area contributed by atoms with E-state index in [1.54, 1.807) is 24.3 Å². The molecule has 2 aromatic rings. The van der Waals surface area contributed by atoms with Gasteiger partial charge in [0.25, 0.3) is 5.91 Å². The lowest BCUT2D eigenvalue weighted by molar-refractivity contribution is 0.0888. The molecule has 27 heavy (non-hydrogen) atoms. The smallest absolute Gasteiger partial charge is 0.407 e. The van der Waals surface area contributed by atoms with Gasteiger partial charge in [-0.25, -0.2) is 4.79 Å². The highest BCUT2D eigenvalue weighted by Crippen LogP contribution is 2.30. The van der Waals surface area contributed by atoms with Crippen LogP contribution >= 0.6 is 23.2 Å². The minimum atomic E-state index is -0.951. The van der Waals surface area contributed by atoms with Crippen LogP contribution in [0.25, 0.3) is 0 Å². The number of benzene rings is 2. The molecule has 5 nitrogen and oxygen atoms in total. The second-order valence-corrected chi connectivity index (χ2v) is 7.56. The average molecular weight is 407 g/mol. The van der Waals surface area contributed by atoms with Crippen LogP contribution in [0.2, 0.25) is 10.0 Å². The Morgan fingerprint density at radius 3 is 2.48 bits per heavy atom. The summed E-state index contributed by atoms with van der Waals surface area (Å²) < 4.78 is 0. The van der Waals surface area contributed by atoms with Crippen molar-refractivity contribution >= 4 is 35.2 Å². The molecule has 1 fully saturated rings. The fraction of sp³-hybridized carbons (Fsp3) is 0.300. The molecule has 1 aliphatic rings. The third-order valence-corrected chi connectivity index (χ3v) is 5.59. The van der Waals surface area contributed by atoms with Crippen molar-refractivity contribution in [1.29, 1.82) is 0 Å². The number of likely N-dealkylation sites (tertiary alicyclic amines) is 1. The molecule has 0 radical (unpaired) electrons. The van der Waals surface area contributed by atoms with Gasteiger partial charge >= 0.3 is 6.09 Å². The Bertz CT molecular complexity index is 855. The minimum Gasteiger partial charge on any atom is -0.465 e. The number of hydrogen-bond acceptors (Lipinski definition) is 2. The SMILES string of the molecule is Cc1cc(C2CN(C(=O)O)CCC2NC(=O)c2ccc(Cl)cc2)ccc1Cl. The summed E-state index contributed by atoms with van der Waals surface area (Å²) in [6.07, 6.45) is -0.411. The minimum absolute atomic E-state index is 0.151. The van der Waals surface area contributed by atoms with E-state index in [4.69, 9.17) is 23.2 Å². The van der Waals surface area contributed by atoms with E-state index >= 15 is 0 Å². The van der Waals surface area contributed by atoms with Crippen molar-refractivity contribution in [2.24, 2.45) is 0 Å². The zero-order valence-corrected chi connectivity index (χ0v) is 16.3. The molecule has 0 bridgehead atoms. The summed E-state index contributed by atoms with van der Waals surface area (Å²) in [4.78, 5) is 25.5. The molecule has 0 saturated carbocycles. The predicted octanol–water partition coefficient (Wildman–Crippen LogP) is 4.57. The monoisotopic (exact) mass is 406 g/mol. The van der Waals surface area contributed by atoms with Gasteiger partial charge in [-0.05, 0) is 54.8 Å². The molecule has 142 valence electrons. The van der Waals surface area contributed by atoms with Crippen LogP contribution in [-0.2, 0) is 0 Å².